The number of carbonyl (C=O) groups is 1. The van der Waals surface area contributed by atoms with E-state index in [1.165, 1.54) is 17.2 Å². The fourth-order valence-electron chi connectivity index (χ4n) is 4.46. The van der Waals surface area contributed by atoms with Crippen molar-refractivity contribution in [3.05, 3.63) is 46.0 Å². The molecular formula is C23H30N5O8P. The summed E-state index contributed by atoms with van der Waals surface area (Å²) in [5.41, 5.74) is 6.01. The normalized spacial score (nSPS) is 23.4. The smallest absolute Gasteiger partial charge is 0.387 e. The van der Waals surface area contributed by atoms with E-state index < -0.39 is 39.0 Å². The Morgan fingerprint density at radius 1 is 1.05 bits per heavy atom. The van der Waals surface area contributed by atoms with E-state index in [0.717, 1.165) is 34.9 Å². The van der Waals surface area contributed by atoms with Crippen LogP contribution in [0, 0.1) is 34.6 Å². The second-order valence-corrected chi connectivity index (χ2v) is 10.6. The van der Waals surface area contributed by atoms with Crippen LogP contribution in [0.5, 0.6) is 0 Å². The molecule has 14 heteroatoms. The summed E-state index contributed by atoms with van der Waals surface area (Å²) in [6.45, 7) is 9.29. The van der Waals surface area contributed by atoms with Gasteiger partial charge < -0.3 is 25.2 Å². The number of nitrogens with zero attached hydrogens (tertiary/aromatic N) is 4. The number of phosphoric ester groups is 1. The van der Waals surface area contributed by atoms with Crippen molar-refractivity contribution in [3.63, 3.8) is 0 Å². The summed E-state index contributed by atoms with van der Waals surface area (Å²) in [5, 5.41) is 23.8. The number of phosphoric acid groups is 1. The van der Waals surface area contributed by atoms with Crippen LogP contribution < -0.4 is 5.32 Å². The van der Waals surface area contributed by atoms with Gasteiger partial charge in [0.25, 0.3) is 5.91 Å². The molecule has 5 atom stereocenters. The lowest BCUT2D eigenvalue weighted by molar-refractivity contribution is -0.0509. The Labute approximate surface area is 213 Å². The monoisotopic (exact) mass is 535 g/mol. The number of hydrogen-bond acceptors (Lipinski definition) is 10. The third-order valence-corrected chi connectivity index (χ3v) is 8.00. The molecule has 1 amide bonds. The van der Waals surface area contributed by atoms with Crippen molar-refractivity contribution in [2.24, 2.45) is 0 Å². The largest absolute Gasteiger partial charge is 0.472 e. The van der Waals surface area contributed by atoms with Crippen LogP contribution in [0.25, 0.3) is 11.2 Å². The van der Waals surface area contributed by atoms with Crippen LogP contribution in [0.1, 0.15) is 44.4 Å². The van der Waals surface area contributed by atoms with Crippen LogP contribution in [-0.4, -0.2) is 72.6 Å². The van der Waals surface area contributed by atoms with Gasteiger partial charge in [0.05, 0.1) is 12.9 Å². The maximum atomic E-state index is 13.3. The minimum absolute atomic E-state index is 0.165. The highest BCUT2D eigenvalue weighted by atomic mass is 31.2. The minimum Gasteiger partial charge on any atom is -0.387 e. The third-order valence-electron chi connectivity index (χ3n) is 7.06. The van der Waals surface area contributed by atoms with Crippen LogP contribution in [0.2, 0.25) is 0 Å². The summed E-state index contributed by atoms with van der Waals surface area (Å²) in [6, 6.07) is 0. The number of imidazole rings is 1. The standard InChI is InChI=1S/C23H30N5O8P/c1-10-11(2)13(4)16(14(5)12(10)3)22(31)27-20-17-21(25-8-24-20)28(9-26-17)23-19(30)18(29)15(36-23)7-35-37(32,33)34-6/h8-9,15,18-19,23,29-30H,7H2,1-6H3,(H,32,33)(H,24,25,27,31)/t15-,18+,19?,23-/m1/s1. The van der Waals surface area contributed by atoms with Gasteiger partial charge in [-0.05, 0) is 62.4 Å². The van der Waals surface area contributed by atoms with Gasteiger partial charge in [0.1, 0.15) is 24.6 Å². The SMILES string of the molecule is COP(=O)(O)OC[C@H]1O[C@@H](n2cnc3c(NC(=O)c4c(C)c(C)c(C)c(C)c4C)ncnc32)C(O)[C@H]1O. The first-order valence-corrected chi connectivity index (χ1v) is 13.0. The Bertz CT molecular complexity index is 1380. The second kappa shape index (κ2) is 10.2. The lowest BCUT2D eigenvalue weighted by Gasteiger charge is -2.18. The first kappa shape index (κ1) is 27.3. The molecule has 4 N–H and O–H groups in total. The lowest BCUT2D eigenvalue weighted by Crippen LogP contribution is -2.33. The predicted molar refractivity (Wildman–Crippen MR) is 132 cm³/mol. The number of aromatic nitrogens is 4. The molecule has 0 spiro atoms. The highest BCUT2D eigenvalue weighted by Gasteiger charge is 2.45. The van der Waals surface area contributed by atoms with E-state index in [9.17, 15) is 24.5 Å². The average molecular weight is 535 g/mol. The fraction of sp³-hybridized carbons (Fsp3) is 0.478. The van der Waals surface area contributed by atoms with Crippen molar-refractivity contribution in [2.75, 3.05) is 19.0 Å². The van der Waals surface area contributed by atoms with E-state index in [-0.39, 0.29) is 22.9 Å². The Hall–Kier alpha value is -2.77. The summed E-state index contributed by atoms with van der Waals surface area (Å²) < 4.78 is 27.8. The maximum absolute atomic E-state index is 13.3. The number of aliphatic hydroxyl groups is 2. The molecule has 0 radical (unpaired) electrons. The van der Waals surface area contributed by atoms with Gasteiger partial charge >= 0.3 is 7.82 Å². The van der Waals surface area contributed by atoms with Crippen LogP contribution in [0.3, 0.4) is 0 Å². The summed E-state index contributed by atoms with van der Waals surface area (Å²) in [6.07, 6.45) is -2.56. The van der Waals surface area contributed by atoms with Crippen LogP contribution in [0.15, 0.2) is 12.7 Å². The molecule has 2 unspecified atom stereocenters. The molecule has 1 aromatic carbocycles. The van der Waals surface area contributed by atoms with Gasteiger partial charge in [0, 0.05) is 12.7 Å². The number of anilines is 1. The predicted octanol–water partition coefficient (Wildman–Crippen LogP) is 2.00. The number of hydrogen-bond donors (Lipinski definition) is 4. The number of aliphatic hydroxyl groups excluding tert-OH is 2. The van der Waals surface area contributed by atoms with Crippen molar-refractivity contribution in [2.45, 2.75) is 59.2 Å². The zero-order valence-electron chi connectivity index (χ0n) is 21.3. The number of nitrogens with one attached hydrogen (secondary N) is 1. The number of carbonyl (C=O) groups excluding carboxylic acids is 1. The van der Waals surface area contributed by atoms with E-state index in [0.29, 0.717) is 5.56 Å². The quantitative estimate of drug-likeness (QED) is 0.325. The molecule has 1 aliphatic heterocycles. The van der Waals surface area contributed by atoms with Gasteiger partial charge in [0.2, 0.25) is 0 Å². The molecule has 1 aliphatic rings. The molecule has 3 aromatic rings. The molecule has 200 valence electrons. The van der Waals surface area contributed by atoms with E-state index >= 15 is 0 Å². The van der Waals surface area contributed by atoms with Crippen molar-refractivity contribution < 1.29 is 38.3 Å². The Balaban J connectivity index is 1.62. The molecule has 0 bridgehead atoms. The molecule has 13 nitrogen and oxygen atoms in total. The molecule has 37 heavy (non-hydrogen) atoms. The molecule has 4 rings (SSSR count). The van der Waals surface area contributed by atoms with Gasteiger partial charge in [-0.25, -0.2) is 19.5 Å². The van der Waals surface area contributed by atoms with Crippen LogP contribution in [0.4, 0.5) is 5.82 Å². The Kier molecular flexibility index (Phi) is 7.50. The van der Waals surface area contributed by atoms with E-state index in [2.05, 4.69) is 24.8 Å². The molecule has 0 saturated carbocycles. The van der Waals surface area contributed by atoms with Gasteiger partial charge in [-0.15, -0.1) is 0 Å². The van der Waals surface area contributed by atoms with Crippen molar-refractivity contribution >= 4 is 30.7 Å². The van der Waals surface area contributed by atoms with Crippen molar-refractivity contribution in [3.8, 4) is 0 Å². The molecule has 1 fully saturated rings. The van der Waals surface area contributed by atoms with E-state index in [1.807, 2.05) is 34.6 Å². The lowest BCUT2D eigenvalue weighted by atomic mass is 9.89. The van der Waals surface area contributed by atoms with Crippen LogP contribution >= 0.6 is 7.82 Å². The third kappa shape index (κ3) is 4.91. The fourth-order valence-corrected chi connectivity index (χ4v) is 4.90. The number of amides is 1. The minimum atomic E-state index is -4.31. The maximum Gasteiger partial charge on any atom is 0.472 e. The van der Waals surface area contributed by atoms with Gasteiger partial charge in [-0.2, -0.15) is 0 Å². The first-order valence-electron chi connectivity index (χ1n) is 11.5. The zero-order valence-corrected chi connectivity index (χ0v) is 22.2. The summed E-state index contributed by atoms with van der Waals surface area (Å²) in [4.78, 5) is 35.5. The Morgan fingerprint density at radius 2 is 1.68 bits per heavy atom. The summed E-state index contributed by atoms with van der Waals surface area (Å²) in [5.74, 6) is -0.176. The number of ether oxygens (including phenoxy) is 1. The zero-order chi connectivity index (χ0) is 27.2. The number of fused-ring (bicyclic) bond motifs is 1. The number of benzene rings is 1. The number of rotatable bonds is 7. The molecular weight excluding hydrogens is 505 g/mol. The highest BCUT2D eigenvalue weighted by Crippen LogP contribution is 2.43. The summed E-state index contributed by atoms with van der Waals surface area (Å²) in [7, 11) is -3.30. The average Bonchev–Trinajstić information content (AvgIpc) is 3.42. The second-order valence-electron chi connectivity index (χ2n) is 8.99. The van der Waals surface area contributed by atoms with E-state index in [4.69, 9.17) is 9.26 Å². The highest BCUT2D eigenvalue weighted by molar-refractivity contribution is 7.47. The topological polar surface area (TPSA) is 178 Å². The first-order chi connectivity index (χ1) is 17.4. The van der Waals surface area contributed by atoms with Crippen molar-refractivity contribution in [1.29, 1.82) is 0 Å². The van der Waals surface area contributed by atoms with Gasteiger partial charge in [-0.1, -0.05) is 0 Å². The van der Waals surface area contributed by atoms with Gasteiger partial charge in [-0.3, -0.25) is 18.4 Å². The Morgan fingerprint density at radius 3 is 2.30 bits per heavy atom. The molecule has 0 aliphatic carbocycles. The van der Waals surface area contributed by atoms with Gasteiger partial charge in [0.15, 0.2) is 23.2 Å². The van der Waals surface area contributed by atoms with E-state index in [1.54, 1.807) is 0 Å². The molecule has 2 aromatic heterocycles. The van der Waals surface area contributed by atoms with Crippen molar-refractivity contribution in [1.82, 2.24) is 19.5 Å². The molecule has 1 saturated heterocycles. The van der Waals surface area contributed by atoms with Crippen LogP contribution in [-0.2, 0) is 18.3 Å². The molecule has 3 heterocycles. The summed E-state index contributed by atoms with van der Waals surface area (Å²) >= 11 is 0.